The summed E-state index contributed by atoms with van der Waals surface area (Å²) in [5.41, 5.74) is 2.56. The van der Waals surface area contributed by atoms with Crippen LogP contribution in [0.2, 0.25) is 0 Å². The molecule has 1 heterocycles. The van der Waals surface area contributed by atoms with Gasteiger partial charge in [0.25, 0.3) is 5.79 Å². The molecule has 9 nitrogen and oxygen atoms in total. The lowest BCUT2D eigenvalue weighted by atomic mass is 9.47. The number of hydrogen-bond acceptors (Lipinski definition) is 8. The molecule has 3 aromatic carbocycles. The van der Waals surface area contributed by atoms with Crippen molar-refractivity contribution in [1.82, 2.24) is 5.32 Å². The summed E-state index contributed by atoms with van der Waals surface area (Å²) in [5.74, 6) is 2.03. The minimum absolute atomic E-state index is 0.0413. The van der Waals surface area contributed by atoms with Crippen LogP contribution in [0.4, 0.5) is 0 Å². The maximum absolute atomic E-state index is 13.4. The second-order valence-corrected chi connectivity index (χ2v) is 13.2. The van der Waals surface area contributed by atoms with Gasteiger partial charge >= 0.3 is 5.97 Å². The molecule has 4 aliphatic carbocycles. The quantitative estimate of drug-likeness (QED) is 0.165. The number of benzene rings is 3. The Morgan fingerprint density at radius 3 is 2.07 bits per heavy atom. The van der Waals surface area contributed by atoms with Crippen molar-refractivity contribution in [3.63, 3.8) is 0 Å². The van der Waals surface area contributed by atoms with Gasteiger partial charge in [-0.1, -0.05) is 42.5 Å². The highest BCUT2D eigenvalue weighted by Crippen LogP contribution is 2.69. The lowest BCUT2D eigenvalue weighted by Gasteiger charge is -2.68. The maximum atomic E-state index is 13.4. The standard InChI is InChI=1S/C37H41NO8/c1-41-32-18-26(27(19-33(32)42-2)22-38-34(39)17-23-8-5-4-6-9-23)20-35(40)44-31-11-7-10-28(21-31)37(43-3)36(45-46-37)29-13-24-12-25(15-29)16-30(36)14-24/h4-11,18-19,21,24-25,29-30H,12-17,20,22H2,1-3H3,(H,38,39). The van der Waals surface area contributed by atoms with Crippen molar-refractivity contribution < 1.29 is 38.3 Å². The van der Waals surface area contributed by atoms with Gasteiger partial charge in [-0.15, -0.1) is 0 Å². The Hall–Kier alpha value is -3.92. The van der Waals surface area contributed by atoms with Gasteiger partial charge in [0.2, 0.25) is 5.91 Å². The summed E-state index contributed by atoms with van der Waals surface area (Å²) in [6, 6.07) is 20.5. The lowest BCUT2D eigenvalue weighted by Crippen LogP contribution is -2.76. The summed E-state index contributed by atoms with van der Waals surface area (Å²) in [7, 11) is 4.76. The number of amides is 1. The first-order valence-corrected chi connectivity index (χ1v) is 16.1. The van der Waals surface area contributed by atoms with E-state index in [1.54, 1.807) is 39.5 Å². The van der Waals surface area contributed by atoms with Gasteiger partial charge < -0.3 is 24.3 Å². The van der Waals surface area contributed by atoms with Crippen LogP contribution in [0.5, 0.6) is 17.2 Å². The Bertz CT molecular complexity index is 1570. The second-order valence-electron chi connectivity index (χ2n) is 13.2. The van der Waals surface area contributed by atoms with E-state index >= 15 is 0 Å². The molecule has 4 saturated carbocycles. The zero-order chi connectivity index (χ0) is 31.9. The fraction of sp³-hybridized carbons (Fsp3) is 0.459. The fourth-order valence-electron chi connectivity index (χ4n) is 8.77. The molecule has 1 amide bonds. The Morgan fingerprint density at radius 2 is 1.46 bits per heavy atom. The van der Waals surface area contributed by atoms with Crippen molar-refractivity contribution >= 4 is 11.9 Å². The van der Waals surface area contributed by atoms with Gasteiger partial charge in [0.1, 0.15) is 5.75 Å². The molecular formula is C37H41NO8. The van der Waals surface area contributed by atoms with Crippen LogP contribution >= 0.6 is 0 Å². The van der Waals surface area contributed by atoms with E-state index in [-0.39, 0.29) is 25.3 Å². The van der Waals surface area contributed by atoms with E-state index in [4.69, 9.17) is 28.7 Å². The largest absolute Gasteiger partial charge is 0.493 e. The van der Waals surface area contributed by atoms with Crippen molar-refractivity contribution in [2.24, 2.45) is 23.7 Å². The Labute approximate surface area is 269 Å². The van der Waals surface area contributed by atoms with Crippen LogP contribution in [0.25, 0.3) is 0 Å². The molecule has 5 fully saturated rings. The summed E-state index contributed by atoms with van der Waals surface area (Å²) < 4.78 is 23.1. The number of methoxy groups -OCH3 is 3. The van der Waals surface area contributed by atoms with Gasteiger partial charge in [0, 0.05) is 19.2 Å². The van der Waals surface area contributed by atoms with Gasteiger partial charge in [-0.3, -0.25) is 9.59 Å². The van der Waals surface area contributed by atoms with Crippen LogP contribution in [0.1, 0.15) is 54.4 Å². The molecule has 3 aromatic rings. The Morgan fingerprint density at radius 1 is 0.783 bits per heavy atom. The van der Waals surface area contributed by atoms with Crippen LogP contribution in [0.15, 0.2) is 66.7 Å². The van der Waals surface area contributed by atoms with E-state index < -0.39 is 17.4 Å². The van der Waals surface area contributed by atoms with Crippen molar-refractivity contribution in [2.45, 2.75) is 62.9 Å². The third-order valence-electron chi connectivity index (χ3n) is 10.6. The highest BCUT2D eigenvalue weighted by Gasteiger charge is 2.76. The van der Waals surface area contributed by atoms with Crippen LogP contribution in [-0.4, -0.2) is 38.8 Å². The van der Waals surface area contributed by atoms with Crippen molar-refractivity contribution in [1.29, 1.82) is 0 Å². The van der Waals surface area contributed by atoms with Crippen molar-refractivity contribution in [3.8, 4) is 17.2 Å². The van der Waals surface area contributed by atoms with Crippen LogP contribution in [0, 0.1) is 23.7 Å². The van der Waals surface area contributed by atoms with Gasteiger partial charge in [0.05, 0.1) is 27.1 Å². The zero-order valence-electron chi connectivity index (χ0n) is 26.6. The number of ether oxygens (including phenoxy) is 4. The second kappa shape index (κ2) is 12.4. The van der Waals surface area contributed by atoms with Gasteiger partial charge in [-0.05, 0) is 96.7 Å². The number of nitrogens with one attached hydrogen (secondary N) is 1. The van der Waals surface area contributed by atoms with Crippen LogP contribution in [-0.2, 0) is 49.3 Å². The van der Waals surface area contributed by atoms with Gasteiger partial charge in [-0.2, -0.15) is 4.89 Å². The molecule has 0 aromatic heterocycles. The minimum Gasteiger partial charge on any atom is -0.493 e. The molecule has 9 heteroatoms. The average Bonchev–Trinajstić information content (AvgIpc) is 3.04. The average molecular weight is 628 g/mol. The smallest absolute Gasteiger partial charge is 0.315 e. The van der Waals surface area contributed by atoms with E-state index in [2.05, 4.69) is 5.32 Å². The molecule has 5 aliphatic rings. The van der Waals surface area contributed by atoms with E-state index in [1.807, 2.05) is 48.5 Å². The van der Waals surface area contributed by atoms with Gasteiger partial charge in [-0.25, -0.2) is 4.89 Å². The predicted molar refractivity (Wildman–Crippen MR) is 168 cm³/mol. The molecule has 46 heavy (non-hydrogen) atoms. The third kappa shape index (κ3) is 5.24. The summed E-state index contributed by atoms with van der Waals surface area (Å²) in [6.45, 7) is 0.212. The topological polar surface area (TPSA) is 102 Å². The summed E-state index contributed by atoms with van der Waals surface area (Å²) >= 11 is 0. The number of hydrogen-bond donors (Lipinski definition) is 1. The molecule has 4 bridgehead atoms. The molecule has 1 atom stereocenters. The Balaban J connectivity index is 1.08. The first-order chi connectivity index (χ1) is 22.4. The molecule has 1 spiro atoms. The van der Waals surface area contributed by atoms with E-state index in [1.165, 1.54) is 6.42 Å². The van der Waals surface area contributed by atoms with Gasteiger partial charge in [0.15, 0.2) is 17.1 Å². The Kier molecular flexibility index (Phi) is 8.25. The first kappa shape index (κ1) is 30.7. The van der Waals surface area contributed by atoms with E-state index in [0.717, 1.165) is 54.2 Å². The van der Waals surface area contributed by atoms with Crippen LogP contribution < -0.4 is 19.5 Å². The minimum atomic E-state index is -1.05. The van der Waals surface area contributed by atoms with Crippen LogP contribution in [0.3, 0.4) is 0 Å². The summed E-state index contributed by atoms with van der Waals surface area (Å²) in [4.78, 5) is 38.1. The number of rotatable bonds is 11. The van der Waals surface area contributed by atoms with Crippen molar-refractivity contribution in [3.05, 3.63) is 89.0 Å². The predicted octanol–water partition coefficient (Wildman–Crippen LogP) is 5.67. The molecule has 1 saturated heterocycles. The highest BCUT2D eigenvalue weighted by atomic mass is 17.3. The molecule has 242 valence electrons. The molecular weight excluding hydrogens is 586 g/mol. The zero-order valence-corrected chi connectivity index (χ0v) is 26.6. The SMILES string of the molecule is COc1cc(CNC(=O)Cc2ccccc2)c(CC(=O)Oc2cccc(C3(OC)OOC34C3CC5CC(C3)CC4C5)c2)cc1OC. The summed E-state index contributed by atoms with van der Waals surface area (Å²) in [6.07, 6.45) is 6.08. The monoisotopic (exact) mass is 627 g/mol. The third-order valence-corrected chi connectivity index (χ3v) is 10.6. The highest BCUT2D eigenvalue weighted by molar-refractivity contribution is 5.79. The lowest BCUT2D eigenvalue weighted by molar-refractivity contribution is -0.645. The van der Waals surface area contributed by atoms with Crippen molar-refractivity contribution in [2.75, 3.05) is 21.3 Å². The van der Waals surface area contributed by atoms with E-state index in [9.17, 15) is 9.59 Å². The molecule has 8 rings (SSSR count). The molecule has 1 aliphatic heterocycles. The maximum Gasteiger partial charge on any atom is 0.315 e. The summed E-state index contributed by atoms with van der Waals surface area (Å²) in [5, 5.41) is 2.97. The molecule has 0 radical (unpaired) electrons. The molecule has 1 unspecified atom stereocenters. The number of carbonyl (C=O) groups excluding carboxylic acids is 2. The normalized spacial score (nSPS) is 28.8. The number of carbonyl (C=O) groups is 2. The number of esters is 1. The molecule has 1 N–H and O–H groups in total. The fourth-order valence-corrected chi connectivity index (χ4v) is 8.77. The van der Waals surface area contributed by atoms with E-state index in [0.29, 0.717) is 34.6 Å². The first-order valence-electron chi connectivity index (χ1n) is 16.1.